The zero-order valence-corrected chi connectivity index (χ0v) is 10.7. The lowest BCUT2D eigenvalue weighted by Crippen LogP contribution is -2.27. The molecule has 90 valence electrons. The molecule has 1 aromatic carbocycles. The summed E-state index contributed by atoms with van der Waals surface area (Å²) in [7, 11) is 0. The minimum absolute atomic E-state index is 1.05. The highest BCUT2D eigenvalue weighted by Gasteiger charge is 2.09. The molecule has 4 heteroatoms. The molecule has 1 saturated heterocycles. The molecule has 0 saturated carbocycles. The van der Waals surface area contributed by atoms with Crippen LogP contribution in [-0.2, 0) is 6.54 Å². The van der Waals surface area contributed by atoms with Crippen molar-refractivity contribution in [1.82, 2.24) is 15.2 Å². The van der Waals surface area contributed by atoms with Crippen LogP contribution in [0.1, 0.15) is 12.0 Å². The van der Waals surface area contributed by atoms with Gasteiger partial charge < -0.3 is 5.32 Å². The van der Waals surface area contributed by atoms with E-state index in [-0.39, 0.29) is 0 Å². The van der Waals surface area contributed by atoms with Crippen LogP contribution in [0.5, 0.6) is 0 Å². The van der Waals surface area contributed by atoms with Crippen LogP contribution in [0.3, 0.4) is 0 Å². The first-order chi connectivity index (χ1) is 8.42. The number of aromatic nitrogens is 1. The first-order valence-corrected chi connectivity index (χ1v) is 7.05. The maximum absolute atomic E-state index is 4.38. The average Bonchev–Trinajstić information content (AvgIpc) is 2.65. The highest BCUT2D eigenvalue weighted by molar-refractivity contribution is 7.16. The largest absolute Gasteiger partial charge is 0.315 e. The van der Waals surface area contributed by atoms with E-state index in [1.54, 1.807) is 11.3 Å². The van der Waals surface area contributed by atoms with Crippen LogP contribution in [0.25, 0.3) is 10.2 Å². The summed E-state index contributed by atoms with van der Waals surface area (Å²) in [6.45, 7) is 5.66. The van der Waals surface area contributed by atoms with E-state index in [0.717, 1.165) is 31.7 Å². The third kappa shape index (κ3) is 2.65. The van der Waals surface area contributed by atoms with E-state index in [1.807, 2.05) is 5.51 Å². The molecule has 0 atom stereocenters. The van der Waals surface area contributed by atoms with Crippen LogP contribution in [0.4, 0.5) is 0 Å². The second-order valence-electron chi connectivity index (χ2n) is 4.53. The number of nitrogens with zero attached hydrogens (tertiary/aromatic N) is 2. The Hall–Kier alpha value is -0.970. The Balaban J connectivity index is 1.74. The molecule has 0 radical (unpaired) electrons. The molecule has 1 aliphatic heterocycles. The van der Waals surface area contributed by atoms with Crippen molar-refractivity contribution in [3.8, 4) is 0 Å². The van der Waals surface area contributed by atoms with Crippen LogP contribution in [0.2, 0.25) is 0 Å². The van der Waals surface area contributed by atoms with Gasteiger partial charge in [0.2, 0.25) is 0 Å². The third-order valence-electron chi connectivity index (χ3n) is 3.23. The van der Waals surface area contributed by atoms with E-state index in [2.05, 4.69) is 33.4 Å². The lowest BCUT2D eigenvalue weighted by molar-refractivity contribution is 0.284. The van der Waals surface area contributed by atoms with E-state index in [9.17, 15) is 0 Å². The van der Waals surface area contributed by atoms with Gasteiger partial charge in [-0.05, 0) is 37.2 Å². The Labute approximate surface area is 105 Å². The van der Waals surface area contributed by atoms with Crippen molar-refractivity contribution in [2.75, 3.05) is 26.2 Å². The number of benzene rings is 1. The minimum Gasteiger partial charge on any atom is -0.315 e. The van der Waals surface area contributed by atoms with Crippen molar-refractivity contribution in [2.45, 2.75) is 13.0 Å². The number of thiazole rings is 1. The Morgan fingerprint density at radius 3 is 3.29 bits per heavy atom. The van der Waals surface area contributed by atoms with Crippen LogP contribution in [0.15, 0.2) is 23.7 Å². The summed E-state index contributed by atoms with van der Waals surface area (Å²) < 4.78 is 1.28. The molecule has 0 amide bonds. The van der Waals surface area contributed by atoms with Gasteiger partial charge in [-0.2, -0.15) is 0 Å². The molecule has 1 aromatic heterocycles. The summed E-state index contributed by atoms with van der Waals surface area (Å²) >= 11 is 1.71. The van der Waals surface area contributed by atoms with Crippen molar-refractivity contribution in [2.24, 2.45) is 0 Å². The van der Waals surface area contributed by atoms with E-state index in [4.69, 9.17) is 0 Å². The van der Waals surface area contributed by atoms with E-state index in [1.165, 1.54) is 23.2 Å². The summed E-state index contributed by atoms with van der Waals surface area (Å²) in [5.74, 6) is 0. The number of nitrogens with one attached hydrogen (secondary N) is 1. The molecule has 0 aliphatic carbocycles. The molecule has 1 fully saturated rings. The van der Waals surface area contributed by atoms with Gasteiger partial charge in [-0.1, -0.05) is 6.07 Å². The monoisotopic (exact) mass is 247 g/mol. The molecule has 0 bridgehead atoms. The zero-order chi connectivity index (χ0) is 11.5. The lowest BCUT2D eigenvalue weighted by atomic mass is 10.2. The highest BCUT2D eigenvalue weighted by Crippen LogP contribution is 2.19. The molecule has 17 heavy (non-hydrogen) atoms. The van der Waals surface area contributed by atoms with Crippen molar-refractivity contribution < 1.29 is 0 Å². The van der Waals surface area contributed by atoms with E-state index < -0.39 is 0 Å². The summed E-state index contributed by atoms with van der Waals surface area (Å²) in [6.07, 6.45) is 1.25. The number of hydrogen-bond acceptors (Lipinski definition) is 4. The van der Waals surface area contributed by atoms with Crippen LogP contribution in [0, 0.1) is 0 Å². The Morgan fingerprint density at radius 2 is 2.29 bits per heavy atom. The van der Waals surface area contributed by atoms with Crippen LogP contribution in [-0.4, -0.2) is 36.1 Å². The fourth-order valence-electron chi connectivity index (χ4n) is 2.32. The van der Waals surface area contributed by atoms with Gasteiger partial charge in [0, 0.05) is 19.6 Å². The molecular weight excluding hydrogens is 230 g/mol. The van der Waals surface area contributed by atoms with Gasteiger partial charge in [0.1, 0.15) is 0 Å². The minimum atomic E-state index is 1.05. The SMILES string of the molecule is c1nc2cc(CN3CCCNCC3)ccc2s1. The van der Waals surface area contributed by atoms with Gasteiger partial charge in [0.15, 0.2) is 0 Å². The van der Waals surface area contributed by atoms with Gasteiger partial charge in [-0.25, -0.2) is 4.98 Å². The van der Waals surface area contributed by atoms with Crippen LogP contribution < -0.4 is 5.32 Å². The normalized spacial score (nSPS) is 18.4. The van der Waals surface area contributed by atoms with Gasteiger partial charge in [-0.15, -0.1) is 11.3 Å². The predicted octanol–water partition coefficient (Wildman–Crippen LogP) is 2.09. The predicted molar refractivity (Wildman–Crippen MR) is 72.4 cm³/mol. The maximum Gasteiger partial charge on any atom is 0.0815 e. The Morgan fingerprint density at radius 1 is 1.29 bits per heavy atom. The van der Waals surface area contributed by atoms with Gasteiger partial charge in [-0.3, -0.25) is 4.90 Å². The summed E-state index contributed by atoms with van der Waals surface area (Å²) in [5.41, 5.74) is 4.44. The second kappa shape index (κ2) is 5.12. The second-order valence-corrected chi connectivity index (χ2v) is 5.42. The summed E-state index contributed by atoms with van der Waals surface area (Å²) in [5, 5.41) is 3.44. The summed E-state index contributed by atoms with van der Waals surface area (Å²) in [4.78, 5) is 6.90. The van der Waals surface area contributed by atoms with E-state index >= 15 is 0 Å². The number of hydrogen-bond donors (Lipinski definition) is 1. The molecule has 0 unspecified atom stereocenters. The maximum atomic E-state index is 4.38. The molecule has 0 spiro atoms. The van der Waals surface area contributed by atoms with Crippen molar-refractivity contribution in [1.29, 1.82) is 0 Å². The average molecular weight is 247 g/mol. The highest BCUT2D eigenvalue weighted by atomic mass is 32.1. The van der Waals surface area contributed by atoms with Crippen LogP contribution >= 0.6 is 11.3 Å². The third-order valence-corrected chi connectivity index (χ3v) is 4.04. The summed E-state index contributed by atoms with van der Waals surface area (Å²) in [6, 6.07) is 6.65. The molecule has 3 nitrogen and oxygen atoms in total. The Bertz CT molecular complexity index is 486. The Kier molecular flexibility index (Phi) is 3.36. The molecular formula is C13H17N3S. The van der Waals surface area contributed by atoms with Crippen molar-refractivity contribution in [3.63, 3.8) is 0 Å². The number of rotatable bonds is 2. The molecule has 3 rings (SSSR count). The molecule has 2 heterocycles. The van der Waals surface area contributed by atoms with Crippen molar-refractivity contribution >= 4 is 21.6 Å². The van der Waals surface area contributed by atoms with Crippen molar-refractivity contribution in [3.05, 3.63) is 29.3 Å². The van der Waals surface area contributed by atoms with Gasteiger partial charge in [0.05, 0.1) is 15.7 Å². The fourth-order valence-corrected chi connectivity index (χ4v) is 2.98. The quantitative estimate of drug-likeness (QED) is 0.881. The van der Waals surface area contributed by atoms with Gasteiger partial charge in [0.25, 0.3) is 0 Å². The standard InChI is InChI=1S/C13H17N3S/c1-4-14-5-7-16(6-1)9-11-2-3-13-12(8-11)15-10-17-13/h2-3,8,10,14H,1,4-7,9H2. The topological polar surface area (TPSA) is 28.2 Å². The number of fused-ring (bicyclic) bond motifs is 1. The lowest BCUT2D eigenvalue weighted by Gasteiger charge is -2.19. The first kappa shape index (κ1) is 11.1. The first-order valence-electron chi connectivity index (χ1n) is 6.17. The molecule has 1 aliphatic rings. The smallest absolute Gasteiger partial charge is 0.0815 e. The van der Waals surface area contributed by atoms with Gasteiger partial charge >= 0.3 is 0 Å². The molecule has 1 N–H and O–H groups in total. The molecule has 2 aromatic rings. The zero-order valence-electron chi connectivity index (χ0n) is 9.85. The fraction of sp³-hybridized carbons (Fsp3) is 0.462. The van der Waals surface area contributed by atoms with E-state index in [0.29, 0.717) is 0 Å².